The molecule has 0 radical (unpaired) electrons. The zero-order valence-corrected chi connectivity index (χ0v) is 19.4. The molecule has 35 heavy (non-hydrogen) atoms. The number of carbonyl (C=O) groups excluding carboxylic acids is 1. The average molecular weight is 496 g/mol. The first kappa shape index (κ1) is 24.9. The molecule has 2 aromatic rings. The van der Waals surface area contributed by atoms with E-state index in [4.69, 9.17) is 4.52 Å². The molecule has 1 aliphatic heterocycles. The van der Waals surface area contributed by atoms with Gasteiger partial charge in [-0.25, -0.2) is 0 Å². The molecule has 9 nitrogen and oxygen atoms in total. The zero-order valence-electron chi connectivity index (χ0n) is 19.4. The number of amides is 1. The summed E-state index contributed by atoms with van der Waals surface area (Å²) in [6.45, 7) is 2.34. The van der Waals surface area contributed by atoms with E-state index in [1.54, 1.807) is 11.8 Å². The maximum Gasteiger partial charge on any atom is 0.416 e. The Morgan fingerprint density at radius 1 is 1.20 bits per heavy atom. The standard InChI is InChI=1S/C23H28F3N5O4/c1-15-27-21(29-35-15)22(10-4-2-3-5-11-22)28-20(32)16-8-12-30(13-9-16)18-7-6-17(23(24,25)26)14-19(18)31(33)34/h6-7,14,16H,2-5,8-13H2,1H3,(H,28,32). The Balaban J connectivity index is 1.46. The summed E-state index contributed by atoms with van der Waals surface area (Å²) < 4.78 is 44.3. The van der Waals surface area contributed by atoms with Crippen molar-refractivity contribution in [2.75, 3.05) is 18.0 Å². The number of benzene rings is 1. The molecule has 0 unspecified atom stereocenters. The highest BCUT2D eigenvalue weighted by molar-refractivity contribution is 5.80. The predicted molar refractivity (Wildman–Crippen MR) is 120 cm³/mol. The fourth-order valence-electron chi connectivity index (χ4n) is 5.06. The van der Waals surface area contributed by atoms with Crippen LogP contribution in [0.1, 0.15) is 68.6 Å². The molecule has 0 bridgehead atoms. The largest absolute Gasteiger partial charge is 0.416 e. The summed E-state index contributed by atoms with van der Waals surface area (Å²) in [6.07, 6.45) is 1.62. The molecule has 1 saturated carbocycles. The van der Waals surface area contributed by atoms with Crippen molar-refractivity contribution in [3.8, 4) is 0 Å². The first-order chi connectivity index (χ1) is 16.6. The lowest BCUT2D eigenvalue weighted by Crippen LogP contribution is -2.50. The highest BCUT2D eigenvalue weighted by atomic mass is 19.4. The van der Waals surface area contributed by atoms with Crippen molar-refractivity contribution in [3.05, 3.63) is 45.6 Å². The molecule has 1 aromatic heterocycles. The van der Waals surface area contributed by atoms with E-state index in [1.807, 2.05) is 0 Å². The second kappa shape index (κ2) is 9.82. The molecule has 1 saturated heterocycles. The van der Waals surface area contributed by atoms with E-state index < -0.39 is 27.9 Å². The molecule has 12 heteroatoms. The average Bonchev–Trinajstić information content (AvgIpc) is 3.13. The molecule has 1 N–H and O–H groups in total. The van der Waals surface area contributed by atoms with E-state index in [0.29, 0.717) is 56.6 Å². The van der Waals surface area contributed by atoms with Crippen LogP contribution in [0.5, 0.6) is 0 Å². The van der Waals surface area contributed by atoms with Crippen molar-refractivity contribution in [1.82, 2.24) is 15.5 Å². The van der Waals surface area contributed by atoms with Crippen molar-refractivity contribution in [3.63, 3.8) is 0 Å². The normalized spacial score (nSPS) is 19.3. The second-order valence-electron chi connectivity index (χ2n) is 9.34. The quantitative estimate of drug-likeness (QED) is 0.357. The number of nitro groups is 1. The molecule has 190 valence electrons. The molecule has 2 fully saturated rings. The van der Waals surface area contributed by atoms with Crippen LogP contribution in [0.3, 0.4) is 0 Å². The van der Waals surface area contributed by atoms with E-state index in [0.717, 1.165) is 37.8 Å². The van der Waals surface area contributed by atoms with Crippen LogP contribution < -0.4 is 10.2 Å². The van der Waals surface area contributed by atoms with Crippen molar-refractivity contribution in [2.45, 2.75) is 70.0 Å². The highest BCUT2D eigenvalue weighted by Crippen LogP contribution is 2.39. The SMILES string of the molecule is Cc1nc(C2(NC(=O)C3CCN(c4ccc(C(F)(F)F)cc4[N+](=O)[O-])CC3)CCCCCC2)no1. The molecule has 4 rings (SSSR count). The van der Waals surface area contributed by atoms with Crippen LogP contribution >= 0.6 is 0 Å². The summed E-state index contributed by atoms with van der Waals surface area (Å²) in [7, 11) is 0. The number of nitro benzene ring substituents is 1. The minimum atomic E-state index is -4.67. The van der Waals surface area contributed by atoms with Crippen LogP contribution in [0.25, 0.3) is 0 Å². The fraction of sp³-hybridized carbons (Fsp3) is 0.609. The lowest BCUT2D eigenvalue weighted by molar-refractivity contribution is -0.384. The predicted octanol–water partition coefficient (Wildman–Crippen LogP) is 4.89. The summed E-state index contributed by atoms with van der Waals surface area (Å²) in [5.41, 5.74) is -2.21. The lowest BCUT2D eigenvalue weighted by atomic mass is 9.87. The number of hydrogen-bond acceptors (Lipinski definition) is 7. The number of halogens is 3. The number of alkyl halides is 3. The number of hydrogen-bond donors (Lipinski definition) is 1. The van der Waals surface area contributed by atoms with Gasteiger partial charge in [0.2, 0.25) is 11.8 Å². The Morgan fingerprint density at radius 3 is 2.40 bits per heavy atom. The van der Waals surface area contributed by atoms with Crippen molar-refractivity contribution >= 4 is 17.3 Å². The molecular formula is C23H28F3N5O4. The van der Waals surface area contributed by atoms with Gasteiger partial charge in [-0.3, -0.25) is 14.9 Å². The highest BCUT2D eigenvalue weighted by Gasteiger charge is 2.41. The van der Waals surface area contributed by atoms with Crippen LogP contribution in [0, 0.1) is 23.0 Å². The van der Waals surface area contributed by atoms with Crippen molar-refractivity contribution < 1.29 is 27.4 Å². The second-order valence-corrected chi connectivity index (χ2v) is 9.34. The van der Waals surface area contributed by atoms with E-state index in [-0.39, 0.29) is 17.5 Å². The van der Waals surface area contributed by atoms with Gasteiger partial charge in [0, 0.05) is 32.0 Å². The van der Waals surface area contributed by atoms with Gasteiger partial charge in [-0.2, -0.15) is 18.2 Å². The van der Waals surface area contributed by atoms with E-state index >= 15 is 0 Å². The molecule has 0 spiro atoms. The van der Waals surface area contributed by atoms with Crippen LogP contribution in [-0.4, -0.2) is 34.1 Å². The van der Waals surface area contributed by atoms with Crippen LogP contribution in [0.15, 0.2) is 22.7 Å². The molecule has 2 aliphatic rings. The molecule has 1 aromatic carbocycles. The number of rotatable bonds is 5. The fourth-order valence-corrected chi connectivity index (χ4v) is 5.06. The summed E-state index contributed by atoms with van der Waals surface area (Å²) in [5, 5.41) is 18.8. The number of piperidine rings is 1. The molecule has 1 amide bonds. The zero-order chi connectivity index (χ0) is 25.2. The molecular weight excluding hydrogens is 467 g/mol. The van der Waals surface area contributed by atoms with Gasteiger partial charge in [0.15, 0.2) is 5.82 Å². The summed E-state index contributed by atoms with van der Waals surface area (Å²) in [6, 6.07) is 2.56. The molecule has 2 heterocycles. The van der Waals surface area contributed by atoms with Gasteiger partial charge >= 0.3 is 6.18 Å². The van der Waals surface area contributed by atoms with Gasteiger partial charge in [-0.05, 0) is 37.8 Å². The Morgan fingerprint density at radius 2 is 1.86 bits per heavy atom. The Labute approximate surface area is 200 Å². The number of aromatic nitrogens is 2. The minimum Gasteiger partial charge on any atom is -0.366 e. The number of carbonyl (C=O) groups is 1. The molecule has 0 atom stereocenters. The third-order valence-electron chi connectivity index (χ3n) is 6.98. The van der Waals surface area contributed by atoms with Gasteiger partial charge in [-0.1, -0.05) is 30.8 Å². The minimum absolute atomic E-state index is 0.129. The Bertz CT molecular complexity index is 1070. The first-order valence-electron chi connectivity index (χ1n) is 11.8. The molecule has 1 aliphatic carbocycles. The van der Waals surface area contributed by atoms with Gasteiger partial charge in [-0.15, -0.1) is 0 Å². The van der Waals surface area contributed by atoms with Gasteiger partial charge in [0.05, 0.1) is 10.5 Å². The monoisotopic (exact) mass is 495 g/mol. The van der Waals surface area contributed by atoms with Gasteiger partial charge < -0.3 is 14.7 Å². The van der Waals surface area contributed by atoms with Crippen LogP contribution in [-0.2, 0) is 16.5 Å². The van der Waals surface area contributed by atoms with Gasteiger partial charge in [0.1, 0.15) is 11.2 Å². The number of aryl methyl sites for hydroxylation is 1. The topological polar surface area (TPSA) is 114 Å². The van der Waals surface area contributed by atoms with E-state index in [9.17, 15) is 28.1 Å². The summed E-state index contributed by atoms with van der Waals surface area (Å²) in [5.74, 6) is 0.469. The third-order valence-corrected chi connectivity index (χ3v) is 6.98. The maximum atomic E-state index is 13.3. The lowest BCUT2D eigenvalue weighted by Gasteiger charge is -2.36. The number of nitrogens with one attached hydrogen (secondary N) is 1. The number of anilines is 1. The number of nitrogens with zero attached hydrogens (tertiary/aromatic N) is 4. The first-order valence-corrected chi connectivity index (χ1v) is 11.8. The Kier molecular flexibility index (Phi) is 7.00. The summed E-state index contributed by atoms with van der Waals surface area (Å²) in [4.78, 5) is 30.0. The third kappa shape index (κ3) is 5.40. The van der Waals surface area contributed by atoms with Crippen molar-refractivity contribution in [1.29, 1.82) is 0 Å². The van der Waals surface area contributed by atoms with Crippen molar-refractivity contribution in [2.24, 2.45) is 5.92 Å². The van der Waals surface area contributed by atoms with Gasteiger partial charge in [0.25, 0.3) is 5.69 Å². The van der Waals surface area contributed by atoms with Crippen LogP contribution in [0.2, 0.25) is 0 Å². The Hall–Kier alpha value is -3.18. The van der Waals surface area contributed by atoms with E-state index in [2.05, 4.69) is 15.5 Å². The maximum absolute atomic E-state index is 13.3. The van der Waals surface area contributed by atoms with E-state index in [1.165, 1.54) is 0 Å². The van der Waals surface area contributed by atoms with Crippen LogP contribution in [0.4, 0.5) is 24.5 Å². The summed E-state index contributed by atoms with van der Waals surface area (Å²) >= 11 is 0. The smallest absolute Gasteiger partial charge is 0.366 e.